The van der Waals surface area contributed by atoms with Gasteiger partial charge in [0.05, 0.1) is 12.5 Å². The molecular weight excluding hydrogens is 254 g/mol. The molecule has 20 heavy (non-hydrogen) atoms. The third-order valence-corrected chi connectivity index (χ3v) is 3.35. The molecule has 4 nitrogen and oxygen atoms in total. The molecule has 1 unspecified atom stereocenters. The van der Waals surface area contributed by atoms with Crippen molar-refractivity contribution in [1.29, 1.82) is 0 Å². The summed E-state index contributed by atoms with van der Waals surface area (Å²) in [7, 11) is 0. The number of benzene rings is 1. The first-order valence-electron chi connectivity index (χ1n) is 6.46. The van der Waals surface area contributed by atoms with E-state index in [1.54, 1.807) is 35.9 Å². The second-order valence-corrected chi connectivity index (χ2v) is 4.97. The highest BCUT2D eigenvalue weighted by Gasteiger charge is 2.12. The van der Waals surface area contributed by atoms with Crippen LogP contribution in [0.3, 0.4) is 0 Å². The van der Waals surface area contributed by atoms with Crippen molar-refractivity contribution < 1.29 is 9.90 Å². The SMILES string of the molecule is Cc1ccn(Cc2ccc(C(C)C(=O)O)cc2)c(=O)c1. The smallest absolute Gasteiger partial charge is 0.310 e. The number of carboxylic acid groups (broad SMARTS) is 1. The number of aliphatic carboxylic acids is 1. The van der Waals surface area contributed by atoms with Gasteiger partial charge in [0.1, 0.15) is 0 Å². The summed E-state index contributed by atoms with van der Waals surface area (Å²) in [5, 5.41) is 8.96. The molecule has 104 valence electrons. The van der Waals surface area contributed by atoms with Crippen LogP contribution < -0.4 is 5.56 Å². The highest BCUT2D eigenvalue weighted by Crippen LogP contribution is 2.16. The molecule has 0 amide bonds. The summed E-state index contributed by atoms with van der Waals surface area (Å²) in [6.45, 7) is 4.02. The van der Waals surface area contributed by atoms with Crippen molar-refractivity contribution in [3.8, 4) is 0 Å². The lowest BCUT2D eigenvalue weighted by atomic mass is 10.00. The zero-order valence-electron chi connectivity index (χ0n) is 11.5. The number of carboxylic acids is 1. The van der Waals surface area contributed by atoms with Crippen molar-refractivity contribution in [2.45, 2.75) is 26.3 Å². The standard InChI is InChI=1S/C16H17NO3/c1-11-7-8-17(15(18)9-11)10-13-3-5-14(6-4-13)12(2)16(19)20/h3-9,12H,10H2,1-2H3,(H,19,20). The summed E-state index contributed by atoms with van der Waals surface area (Å²) in [5.74, 6) is -1.36. The summed E-state index contributed by atoms with van der Waals surface area (Å²) in [6.07, 6.45) is 1.77. The van der Waals surface area contributed by atoms with Crippen LogP contribution in [0.15, 0.2) is 47.4 Å². The van der Waals surface area contributed by atoms with Crippen molar-refractivity contribution in [2.24, 2.45) is 0 Å². The first-order valence-corrected chi connectivity index (χ1v) is 6.46. The molecule has 1 aromatic carbocycles. The van der Waals surface area contributed by atoms with Crippen LogP contribution in [-0.4, -0.2) is 15.6 Å². The average molecular weight is 271 g/mol. The van der Waals surface area contributed by atoms with Crippen LogP contribution >= 0.6 is 0 Å². The summed E-state index contributed by atoms with van der Waals surface area (Å²) in [4.78, 5) is 22.7. The monoisotopic (exact) mass is 271 g/mol. The van der Waals surface area contributed by atoms with Gasteiger partial charge in [0.15, 0.2) is 0 Å². The third kappa shape index (κ3) is 3.15. The summed E-state index contributed by atoms with van der Waals surface area (Å²) < 4.78 is 1.63. The molecule has 0 radical (unpaired) electrons. The van der Waals surface area contributed by atoms with E-state index in [0.29, 0.717) is 6.54 Å². The number of pyridine rings is 1. The maximum absolute atomic E-state index is 11.8. The van der Waals surface area contributed by atoms with E-state index in [0.717, 1.165) is 16.7 Å². The predicted octanol–water partition coefficient (Wildman–Crippen LogP) is 2.39. The van der Waals surface area contributed by atoms with Crippen LogP contribution in [0.25, 0.3) is 0 Å². The molecule has 1 atom stereocenters. The second-order valence-electron chi connectivity index (χ2n) is 4.97. The van der Waals surface area contributed by atoms with Crippen LogP contribution in [-0.2, 0) is 11.3 Å². The lowest BCUT2D eigenvalue weighted by molar-refractivity contribution is -0.138. The van der Waals surface area contributed by atoms with Gasteiger partial charge < -0.3 is 9.67 Å². The zero-order valence-corrected chi connectivity index (χ0v) is 11.5. The summed E-state index contributed by atoms with van der Waals surface area (Å²) >= 11 is 0. The Morgan fingerprint density at radius 3 is 2.45 bits per heavy atom. The van der Waals surface area contributed by atoms with E-state index in [4.69, 9.17) is 5.11 Å². The van der Waals surface area contributed by atoms with Gasteiger partial charge in [0.2, 0.25) is 0 Å². The molecule has 1 heterocycles. The number of rotatable bonds is 4. The van der Waals surface area contributed by atoms with Gasteiger partial charge >= 0.3 is 5.97 Å². The molecule has 0 bridgehead atoms. The number of carbonyl (C=O) groups is 1. The minimum atomic E-state index is -0.840. The lowest BCUT2D eigenvalue weighted by Crippen LogP contribution is -2.19. The highest BCUT2D eigenvalue weighted by atomic mass is 16.4. The van der Waals surface area contributed by atoms with Crippen LogP contribution in [0.1, 0.15) is 29.5 Å². The van der Waals surface area contributed by atoms with Gasteiger partial charge in [-0.3, -0.25) is 9.59 Å². The Hall–Kier alpha value is -2.36. The fraction of sp³-hybridized carbons (Fsp3) is 0.250. The predicted molar refractivity (Wildman–Crippen MR) is 77.0 cm³/mol. The fourth-order valence-corrected chi connectivity index (χ4v) is 1.99. The molecule has 1 N–H and O–H groups in total. The number of hydrogen-bond acceptors (Lipinski definition) is 2. The third-order valence-electron chi connectivity index (χ3n) is 3.35. The number of nitrogens with zero attached hydrogens (tertiary/aromatic N) is 1. The van der Waals surface area contributed by atoms with E-state index in [-0.39, 0.29) is 5.56 Å². The minimum absolute atomic E-state index is 0.0343. The van der Waals surface area contributed by atoms with Crippen LogP contribution in [0, 0.1) is 6.92 Å². The van der Waals surface area contributed by atoms with Crippen LogP contribution in [0.4, 0.5) is 0 Å². The van der Waals surface area contributed by atoms with E-state index < -0.39 is 11.9 Å². The lowest BCUT2D eigenvalue weighted by Gasteiger charge is -2.09. The molecule has 2 rings (SSSR count). The minimum Gasteiger partial charge on any atom is -0.481 e. The van der Waals surface area contributed by atoms with Crippen molar-refractivity contribution in [2.75, 3.05) is 0 Å². The van der Waals surface area contributed by atoms with Crippen LogP contribution in [0.2, 0.25) is 0 Å². The molecule has 4 heteroatoms. The molecule has 0 aliphatic carbocycles. The first kappa shape index (κ1) is 14.1. The average Bonchev–Trinajstić information content (AvgIpc) is 2.42. The number of aromatic nitrogens is 1. The second kappa shape index (κ2) is 5.74. The molecule has 0 aliphatic heterocycles. The Morgan fingerprint density at radius 1 is 1.25 bits per heavy atom. The quantitative estimate of drug-likeness (QED) is 0.928. The van der Waals surface area contributed by atoms with E-state index >= 15 is 0 Å². The van der Waals surface area contributed by atoms with Gasteiger partial charge in [-0.25, -0.2) is 0 Å². The normalized spacial score (nSPS) is 12.1. The largest absolute Gasteiger partial charge is 0.481 e. The van der Waals surface area contributed by atoms with Gasteiger partial charge in [-0.15, -0.1) is 0 Å². The number of aryl methyl sites for hydroxylation is 1. The summed E-state index contributed by atoms with van der Waals surface area (Å²) in [6, 6.07) is 10.8. The summed E-state index contributed by atoms with van der Waals surface area (Å²) in [5.41, 5.74) is 2.64. The molecule has 0 saturated carbocycles. The fourth-order valence-electron chi connectivity index (χ4n) is 1.99. The van der Waals surface area contributed by atoms with Gasteiger partial charge in [0.25, 0.3) is 5.56 Å². The Labute approximate surface area is 117 Å². The van der Waals surface area contributed by atoms with Crippen LogP contribution in [0.5, 0.6) is 0 Å². The van der Waals surface area contributed by atoms with Crippen molar-refractivity contribution >= 4 is 5.97 Å². The van der Waals surface area contributed by atoms with E-state index in [1.807, 2.05) is 25.1 Å². The molecule has 0 saturated heterocycles. The Balaban J connectivity index is 2.19. The Kier molecular flexibility index (Phi) is 4.03. The maximum atomic E-state index is 11.8. The van der Waals surface area contributed by atoms with E-state index in [2.05, 4.69) is 0 Å². The topological polar surface area (TPSA) is 59.3 Å². The van der Waals surface area contributed by atoms with Crippen molar-refractivity contribution in [3.05, 3.63) is 69.6 Å². The van der Waals surface area contributed by atoms with Crippen molar-refractivity contribution in [3.63, 3.8) is 0 Å². The zero-order chi connectivity index (χ0) is 14.7. The Morgan fingerprint density at radius 2 is 1.90 bits per heavy atom. The van der Waals surface area contributed by atoms with Gasteiger partial charge in [-0.1, -0.05) is 24.3 Å². The molecule has 0 fully saturated rings. The number of hydrogen-bond donors (Lipinski definition) is 1. The van der Waals surface area contributed by atoms with E-state index in [1.165, 1.54) is 0 Å². The molecule has 2 aromatic rings. The van der Waals surface area contributed by atoms with Gasteiger partial charge in [0, 0.05) is 12.3 Å². The molecule has 0 spiro atoms. The molecule has 1 aromatic heterocycles. The van der Waals surface area contributed by atoms with Crippen molar-refractivity contribution in [1.82, 2.24) is 4.57 Å². The van der Waals surface area contributed by atoms with Gasteiger partial charge in [-0.05, 0) is 36.6 Å². The maximum Gasteiger partial charge on any atom is 0.310 e. The Bertz CT molecular complexity index is 671. The highest BCUT2D eigenvalue weighted by molar-refractivity contribution is 5.75. The molecular formula is C16H17NO3. The molecule has 0 aliphatic rings. The van der Waals surface area contributed by atoms with Gasteiger partial charge in [-0.2, -0.15) is 0 Å². The first-order chi connectivity index (χ1) is 9.47. The van der Waals surface area contributed by atoms with E-state index in [9.17, 15) is 9.59 Å².